The number of rotatable bonds is 8. The Balaban J connectivity index is 1.98. The Morgan fingerprint density at radius 2 is 1.93 bits per heavy atom. The van der Waals surface area contributed by atoms with Crippen LogP contribution in [0.25, 0.3) is 0 Å². The van der Waals surface area contributed by atoms with Crippen LogP contribution in [-0.4, -0.2) is 31.7 Å². The molecule has 0 saturated carbocycles. The molecule has 2 aromatic carbocycles. The number of amides is 1. The number of benzene rings is 2. The summed E-state index contributed by atoms with van der Waals surface area (Å²) < 4.78 is 39.2. The van der Waals surface area contributed by atoms with Gasteiger partial charge in [-0.25, -0.2) is 4.79 Å². The summed E-state index contributed by atoms with van der Waals surface area (Å²) in [5, 5.41) is 2.97. The highest BCUT2D eigenvalue weighted by molar-refractivity contribution is 6.30. The first-order chi connectivity index (χ1) is 12.9. The Morgan fingerprint density at radius 3 is 2.59 bits per heavy atom. The fourth-order valence-electron chi connectivity index (χ4n) is 2.07. The molecule has 0 spiro atoms. The van der Waals surface area contributed by atoms with E-state index in [0.29, 0.717) is 10.7 Å². The summed E-state index contributed by atoms with van der Waals surface area (Å²) in [7, 11) is 0. The van der Waals surface area contributed by atoms with Crippen LogP contribution in [0.2, 0.25) is 5.02 Å². The zero-order chi connectivity index (χ0) is 19.8. The molecule has 0 radical (unpaired) electrons. The van der Waals surface area contributed by atoms with Crippen LogP contribution in [0.5, 0.6) is 11.5 Å². The van der Waals surface area contributed by atoms with Gasteiger partial charge in [0.05, 0.1) is 12.2 Å². The van der Waals surface area contributed by atoms with Crippen molar-refractivity contribution >= 4 is 29.2 Å². The molecule has 1 N–H and O–H groups in total. The molecular weight excluding hydrogens is 384 g/mol. The van der Waals surface area contributed by atoms with Gasteiger partial charge >= 0.3 is 12.6 Å². The maximum atomic E-state index is 12.4. The zero-order valence-electron chi connectivity index (χ0n) is 14.2. The zero-order valence-corrected chi connectivity index (χ0v) is 15.0. The second kappa shape index (κ2) is 9.72. The Kier molecular flexibility index (Phi) is 7.36. The van der Waals surface area contributed by atoms with E-state index in [1.807, 2.05) is 0 Å². The van der Waals surface area contributed by atoms with Crippen molar-refractivity contribution in [2.24, 2.45) is 0 Å². The lowest BCUT2D eigenvalue weighted by atomic mass is 10.2. The monoisotopic (exact) mass is 399 g/mol. The lowest BCUT2D eigenvalue weighted by Crippen LogP contribution is -2.21. The van der Waals surface area contributed by atoms with Crippen LogP contribution in [0.4, 0.5) is 14.5 Å². The molecule has 0 heterocycles. The van der Waals surface area contributed by atoms with Crippen molar-refractivity contribution in [3.8, 4) is 11.5 Å². The van der Waals surface area contributed by atoms with E-state index in [9.17, 15) is 18.4 Å². The van der Waals surface area contributed by atoms with Crippen molar-refractivity contribution < 1.29 is 32.6 Å². The normalized spacial score (nSPS) is 10.4. The van der Waals surface area contributed by atoms with Gasteiger partial charge in [-0.1, -0.05) is 17.7 Å². The van der Waals surface area contributed by atoms with Gasteiger partial charge in [0, 0.05) is 10.7 Å². The molecule has 144 valence electrons. The highest BCUT2D eigenvalue weighted by atomic mass is 35.5. The smallest absolute Gasteiger partial charge is 0.387 e. The summed E-state index contributed by atoms with van der Waals surface area (Å²) in [5.74, 6) is -1.62. The van der Waals surface area contributed by atoms with E-state index in [1.165, 1.54) is 24.3 Å². The van der Waals surface area contributed by atoms with E-state index in [4.69, 9.17) is 21.1 Å². The van der Waals surface area contributed by atoms with Crippen LogP contribution >= 0.6 is 11.6 Å². The molecule has 0 aliphatic heterocycles. The fourth-order valence-corrected chi connectivity index (χ4v) is 2.26. The van der Waals surface area contributed by atoms with Crippen LogP contribution in [-0.2, 0) is 9.53 Å². The van der Waals surface area contributed by atoms with Crippen molar-refractivity contribution in [1.82, 2.24) is 0 Å². The summed E-state index contributed by atoms with van der Waals surface area (Å²) in [4.78, 5) is 23.9. The van der Waals surface area contributed by atoms with Crippen LogP contribution in [0, 0.1) is 0 Å². The van der Waals surface area contributed by atoms with Crippen molar-refractivity contribution in [2.45, 2.75) is 13.5 Å². The van der Waals surface area contributed by atoms with Gasteiger partial charge in [0.25, 0.3) is 5.91 Å². The maximum Gasteiger partial charge on any atom is 0.387 e. The topological polar surface area (TPSA) is 73.9 Å². The van der Waals surface area contributed by atoms with E-state index >= 15 is 0 Å². The Bertz CT molecular complexity index is 816. The Labute approximate surface area is 159 Å². The lowest BCUT2D eigenvalue weighted by Gasteiger charge is -2.12. The Morgan fingerprint density at radius 1 is 1.15 bits per heavy atom. The third-order valence-electron chi connectivity index (χ3n) is 3.14. The molecule has 0 aliphatic rings. The fraction of sp³-hybridized carbons (Fsp3) is 0.222. The minimum atomic E-state index is -3.03. The van der Waals surface area contributed by atoms with Crippen molar-refractivity contribution in [3.63, 3.8) is 0 Å². The minimum Gasteiger partial charge on any atom is -0.490 e. The third-order valence-corrected chi connectivity index (χ3v) is 3.37. The van der Waals surface area contributed by atoms with Crippen molar-refractivity contribution in [3.05, 3.63) is 53.1 Å². The van der Waals surface area contributed by atoms with Crippen LogP contribution < -0.4 is 14.8 Å². The maximum absolute atomic E-state index is 12.4. The molecular formula is C18H16ClF2NO5. The molecule has 0 fully saturated rings. The summed E-state index contributed by atoms with van der Waals surface area (Å²) >= 11 is 5.81. The summed E-state index contributed by atoms with van der Waals surface area (Å²) in [6.07, 6.45) is 0. The first-order valence-corrected chi connectivity index (χ1v) is 8.21. The van der Waals surface area contributed by atoms with Crippen molar-refractivity contribution in [1.29, 1.82) is 0 Å². The van der Waals surface area contributed by atoms with Gasteiger partial charge in [-0.3, -0.25) is 4.79 Å². The standard InChI is InChI=1S/C18H16ClF2NO5/c1-2-25-15-8-11(6-7-14(15)27-18(20)21)17(24)26-10-16(23)22-13-5-3-4-12(19)9-13/h3-9,18H,2,10H2,1H3,(H,22,23). The number of anilines is 1. The van der Waals surface area contributed by atoms with Gasteiger partial charge in [-0.15, -0.1) is 0 Å². The number of hydrogen-bond donors (Lipinski definition) is 1. The molecule has 0 bridgehead atoms. The Hall–Kier alpha value is -2.87. The third kappa shape index (κ3) is 6.41. The molecule has 0 aliphatic carbocycles. The molecule has 6 nitrogen and oxygen atoms in total. The van der Waals surface area contributed by atoms with Crippen LogP contribution in [0.1, 0.15) is 17.3 Å². The number of alkyl halides is 2. The summed E-state index contributed by atoms with van der Waals surface area (Å²) in [5.41, 5.74) is 0.478. The number of carbonyl (C=O) groups is 2. The van der Waals surface area contributed by atoms with Gasteiger partial charge in [-0.2, -0.15) is 8.78 Å². The first kappa shape index (κ1) is 20.4. The lowest BCUT2D eigenvalue weighted by molar-refractivity contribution is -0.119. The van der Waals surface area contributed by atoms with E-state index < -0.39 is 25.1 Å². The van der Waals surface area contributed by atoms with E-state index in [0.717, 1.165) is 0 Å². The minimum absolute atomic E-state index is 0.0237. The molecule has 1 amide bonds. The van der Waals surface area contributed by atoms with Gasteiger partial charge in [0.1, 0.15) is 0 Å². The van der Waals surface area contributed by atoms with E-state index in [-0.39, 0.29) is 23.7 Å². The number of ether oxygens (including phenoxy) is 3. The molecule has 9 heteroatoms. The van der Waals surface area contributed by atoms with E-state index in [2.05, 4.69) is 10.1 Å². The second-order valence-electron chi connectivity index (χ2n) is 5.11. The average Bonchev–Trinajstić information content (AvgIpc) is 2.61. The number of hydrogen-bond acceptors (Lipinski definition) is 5. The summed E-state index contributed by atoms with van der Waals surface area (Å²) in [6, 6.07) is 10.1. The number of halogens is 3. The van der Waals surface area contributed by atoms with Gasteiger partial charge in [0.15, 0.2) is 18.1 Å². The molecule has 0 saturated heterocycles. The number of nitrogens with one attached hydrogen (secondary N) is 1. The molecule has 2 rings (SSSR count). The highest BCUT2D eigenvalue weighted by Gasteiger charge is 2.16. The average molecular weight is 400 g/mol. The van der Waals surface area contributed by atoms with E-state index in [1.54, 1.807) is 25.1 Å². The first-order valence-electron chi connectivity index (χ1n) is 7.83. The summed E-state index contributed by atoms with van der Waals surface area (Å²) in [6.45, 7) is -1.74. The predicted molar refractivity (Wildman–Crippen MR) is 94.6 cm³/mol. The largest absolute Gasteiger partial charge is 0.490 e. The molecule has 27 heavy (non-hydrogen) atoms. The molecule has 2 aromatic rings. The van der Waals surface area contributed by atoms with Crippen molar-refractivity contribution in [2.75, 3.05) is 18.5 Å². The number of esters is 1. The van der Waals surface area contributed by atoms with Crippen LogP contribution in [0.3, 0.4) is 0 Å². The molecule has 0 aromatic heterocycles. The molecule has 0 unspecified atom stereocenters. The number of carbonyl (C=O) groups excluding carboxylic acids is 2. The van der Waals surface area contributed by atoms with Gasteiger partial charge in [-0.05, 0) is 43.3 Å². The van der Waals surface area contributed by atoms with Crippen LogP contribution in [0.15, 0.2) is 42.5 Å². The van der Waals surface area contributed by atoms with Gasteiger partial charge < -0.3 is 19.5 Å². The highest BCUT2D eigenvalue weighted by Crippen LogP contribution is 2.30. The molecule has 0 atom stereocenters. The SMILES string of the molecule is CCOc1cc(C(=O)OCC(=O)Nc2cccc(Cl)c2)ccc1OC(F)F. The quantitative estimate of drug-likeness (QED) is 0.675. The second-order valence-corrected chi connectivity index (χ2v) is 5.54. The predicted octanol–water partition coefficient (Wildman–Crippen LogP) is 4.14. The van der Waals surface area contributed by atoms with Gasteiger partial charge in [0.2, 0.25) is 0 Å².